The number of rotatable bonds is 9. The lowest BCUT2D eigenvalue weighted by Crippen LogP contribution is -2.32. The third kappa shape index (κ3) is 4.76. The van der Waals surface area contributed by atoms with Crippen molar-refractivity contribution in [2.24, 2.45) is 7.05 Å². The number of hydrogen-bond donors (Lipinski definition) is 1. The van der Waals surface area contributed by atoms with Gasteiger partial charge in [-0.2, -0.15) is 0 Å². The Hall–Kier alpha value is -1.13. The van der Waals surface area contributed by atoms with Crippen LogP contribution in [-0.2, 0) is 19.9 Å². The van der Waals surface area contributed by atoms with Gasteiger partial charge in [0.25, 0.3) is 0 Å². The van der Waals surface area contributed by atoms with Crippen molar-refractivity contribution < 1.29 is 0 Å². The van der Waals surface area contributed by atoms with Crippen molar-refractivity contribution in [2.75, 3.05) is 6.54 Å². The van der Waals surface area contributed by atoms with E-state index >= 15 is 0 Å². The number of aryl methyl sites for hydroxylation is 2. The molecule has 0 aromatic carbocycles. The molecule has 0 saturated heterocycles. The maximum absolute atomic E-state index is 4.45. The van der Waals surface area contributed by atoms with E-state index in [-0.39, 0.29) is 0 Å². The van der Waals surface area contributed by atoms with Crippen LogP contribution in [0.25, 0.3) is 0 Å². The second-order valence-corrected chi connectivity index (χ2v) is 6.31. The van der Waals surface area contributed by atoms with Gasteiger partial charge in [0, 0.05) is 36.8 Å². The van der Waals surface area contributed by atoms with Crippen molar-refractivity contribution >= 4 is 11.3 Å². The molecule has 1 unspecified atom stereocenters. The molecule has 0 spiro atoms. The van der Waals surface area contributed by atoms with Gasteiger partial charge in [-0.05, 0) is 43.7 Å². The average Bonchev–Trinajstić information content (AvgIpc) is 3.08. The van der Waals surface area contributed by atoms with E-state index in [0.717, 1.165) is 13.0 Å². The molecule has 2 heterocycles. The van der Waals surface area contributed by atoms with Crippen LogP contribution in [0.3, 0.4) is 0 Å². The topological polar surface area (TPSA) is 29.9 Å². The molecule has 20 heavy (non-hydrogen) atoms. The van der Waals surface area contributed by atoms with Crippen LogP contribution < -0.4 is 5.32 Å². The fraction of sp³-hybridized carbons (Fsp3) is 0.562. The Balaban J connectivity index is 1.81. The molecular formula is C16H25N3S. The number of thiophene rings is 1. The Bertz CT molecular complexity index is 476. The van der Waals surface area contributed by atoms with Crippen molar-refractivity contribution in [3.05, 3.63) is 40.6 Å². The van der Waals surface area contributed by atoms with E-state index in [2.05, 4.69) is 46.4 Å². The van der Waals surface area contributed by atoms with Crippen molar-refractivity contribution in [2.45, 2.75) is 45.1 Å². The van der Waals surface area contributed by atoms with Gasteiger partial charge in [0.2, 0.25) is 0 Å². The lowest BCUT2D eigenvalue weighted by atomic mass is 10.1. The molecule has 110 valence electrons. The van der Waals surface area contributed by atoms with Gasteiger partial charge >= 0.3 is 0 Å². The third-order valence-electron chi connectivity index (χ3n) is 3.59. The van der Waals surface area contributed by atoms with Crippen LogP contribution >= 0.6 is 11.3 Å². The average molecular weight is 291 g/mol. The van der Waals surface area contributed by atoms with Gasteiger partial charge in [-0.3, -0.25) is 0 Å². The van der Waals surface area contributed by atoms with Crippen molar-refractivity contribution in [3.8, 4) is 0 Å². The molecule has 2 aromatic rings. The van der Waals surface area contributed by atoms with E-state index in [4.69, 9.17) is 0 Å². The molecule has 0 bridgehead atoms. The summed E-state index contributed by atoms with van der Waals surface area (Å²) < 4.78 is 2.12. The molecule has 0 aliphatic heterocycles. The largest absolute Gasteiger partial charge is 0.338 e. The van der Waals surface area contributed by atoms with Gasteiger partial charge in [0.05, 0.1) is 0 Å². The normalized spacial score (nSPS) is 12.7. The molecule has 0 aliphatic carbocycles. The summed E-state index contributed by atoms with van der Waals surface area (Å²) in [5.41, 5.74) is 0. The Morgan fingerprint density at radius 1 is 1.45 bits per heavy atom. The van der Waals surface area contributed by atoms with Crippen LogP contribution in [-0.4, -0.2) is 22.1 Å². The smallest absolute Gasteiger partial charge is 0.109 e. The SMILES string of the molecule is CCCNC(CCCc1cccs1)Cc1nccn1C. The molecule has 3 nitrogen and oxygen atoms in total. The molecule has 2 rings (SSSR count). The van der Waals surface area contributed by atoms with Crippen molar-refractivity contribution in [3.63, 3.8) is 0 Å². The molecule has 0 amide bonds. The van der Waals surface area contributed by atoms with Gasteiger partial charge in [-0.25, -0.2) is 4.98 Å². The summed E-state index contributed by atoms with van der Waals surface area (Å²) in [5, 5.41) is 5.83. The summed E-state index contributed by atoms with van der Waals surface area (Å²) in [4.78, 5) is 5.94. The maximum Gasteiger partial charge on any atom is 0.109 e. The molecular weight excluding hydrogens is 266 g/mol. The first-order chi connectivity index (χ1) is 9.79. The lowest BCUT2D eigenvalue weighted by molar-refractivity contribution is 0.453. The van der Waals surface area contributed by atoms with Gasteiger partial charge in [-0.15, -0.1) is 11.3 Å². The Kier molecular flexibility index (Phi) is 6.27. The van der Waals surface area contributed by atoms with Crippen LogP contribution in [0, 0.1) is 0 Å². The summed E-state index contributed by atoms with van der Waals surface area (Å²) in [5.74, 6) is 1.18. The molecule has 0 fully saturated rings. The van der Waals surface area contributed by atoms with Gasteiger partial charge in [-0.1, -0.05) is 13.0 Å². The fourth-order valence-electron chi connectivity index (χ4n) is 2.42. The van der Waals surface area contributed by atoms with Crippen LogP contribution in [0.1, 0.15) is 36.9 Å². The molecule has 0 saturated carbocycles. The maximum atomic E-state index is 4.45. The zero-order valence-electron chi connectivity index (χ0n) is 12.5. The van der Waals surface area contributed by atoms with Crippen LogP contribution in [0.4, 0.5) is 0 Å². The van der Waals surface area contributed by atoms with E-state index in [0.29, 0.717) is 6.04 Å². The second-order valence-electron chi connectivity index (χ2n) is 5.28. The lowest BCUT2D eigenvalue weighted by Gasteiger charge is -2.18. The van der Waals surface area contributed by atoms with E-state index < -0.39 is 0 Å². The number of imidazole rings is 1. The predicted molar refractivity (Wildman–Crippen MR) is 86.3 cm³/mol. The zero-order chi connectivity index (χ0) is 14.2. The monoisotopic (exact) mass is 291 g/mol. The van der Waals surface area contributed by atoms with Gasteiger partial charge in [0.15, 0.2) is 0 Å². The standard InChI is InChI=1S/C16H25N3S/c1-3-9-17-14(13-16-18-10-11-19(16)2)6-4-7-15-8-5-12-20-15/h5,8,10-12,14,17H,3-4,6-7,9,13H2,1-2H3. The molecule has 4 heteroatoms. The minimum absolute atomic E-state index is 0.538. The molecule has 1 N–H and O–H groups in total. The van der Waals surface area contributed by atoms with Crippen LogP contribution in [0.15, 0.2) is 29.9 Å². The zero-order valence-corrected chi connectivity index (χ0v) is 13.3. The quantitative estimate of drug-likeness (QED) is 0.767. The first-order valence-corrected chi connectivity index (χ1v) is 8.39. The highest BCUT2D eigenvalue weighted by Gasteiger charge is 2.11. The summed E-state index contributed by atoms with van der Waals surface area (Å²) in [6.07, 6.45) is 9.77. The number of nitrogens with zero attached hydrogens (tertiary/aromatic N) is 2. The molecule has 0 aliphatic rings. The third-order valence-corrected chi connectivity index (χ3v) is 4.52. The highest BCUT2D eigenvalue weighted by molar-refractivity contribution is 7.09. The summed E-state index contributed by atoms with van der Waals surface area (Å²) in [6.45, 7) is 3.31. The minimum Gasteiger partial charge on any atom is -0.338 e. The summed E-state index contributed by atoms with van der Waals surface area (Å²) >= 11 is 1.86. The highest BCUT2D eigenvalue weighted by atomic mass is 32.1. The van der Waals surface area contributed by atoms with E-state index in [1.165, 1.54) is 36.4 Å². The fourth-order valence-corrected chi connectivity index (χ4v) is 3.17. The molecule has 1 atom stereocenters. The number of aromatic nitrogens is 2. The minimum atomic E-state index is 0.538. The second kappa shape index (κ2) is 8.22. The predicted octanol–water partition coefficient (Wildman–Crippen LogP) is 3.42. The Morgan fingerprint density at radius 3 is 3.00 bits per heavy atom. The Labute approximate surface area is 126 Å². The summed E-state index contributed by atoms with van der Waals surface area (Å²) in [7, 11) is 2.07. The van der Waals surface area contributed by atoms with Crippen molar-refractivity contribution in [1.29, 1.82) is 0 Å². The first kappa shape index (κ1) is 15.3. The van der Waals surface area contributed by atoms with Crippen LogP contribution in [0.5, 0.6) is 0 Å². The first-order valence-electron chi connectivity index (χ1n) is 7.51. The van der Waals surface area contributed by atoms with E-state index in [1.54, 1.807) is 0 Å². The number of nitrogens with one attached hydrogen (secondary N) is 1. The highest BCUT2D eigenvalue weighted by Crippen LogP contribution is 2.14. The van der Waals surface area contributed by atoms with E-state index in [1.807, 2.05) is 23.7 Å². The van der Waals surface area contributed by atoms with Crippen molar-refractivity contribution in [1.82, 2.24) is 14.9 Å². The number of hydrogen-bond acceptors (Lipinski definition) is 3. The van der Waals surface area contributed by atoms with Gasteiger partial charge in [0.1, 0.15) is 5.82 Å². The molecule has 2 aromatic heterocycles. The van der Waals surface area contributed by atoms with Gasteiger partial charge < -0.3 is 9.88 Å². The van der Waals surface area contributed by atoms with Crippen LogP contribution in [0.2, 0.25) is 0 Å². The summed E-state index contributed by atoms with van der Waals surface area (Å²) in [6, 6.07) is 4.91. The van der Waals surface area contributed by atoms with E-state index in [9.17, 15) is 0 Å². The Morgan fingerprint density at radius 2 is 2.35 bits per heavy atom. The molecule has 0 radical (unpaired) electrons.